The van der Waals surface area contributed by atoms with Gasteiger partial charge in [-0.2, -0.15) is 0 Å². The molecular weight excluding hydrogens is 332 g/mol. The zero-order chi connectivity index (χ0) is 19.0. The summed E-state index contributed by atoms with van der Waals surface area (Å²) in [5.74, 6) is 0.957. The van der Waals surface area contributed by atoms with Gasteiger partial charge < -0.3 is 9.47 Å². The van der Waals surface area contributed by atoms with E-state index in [0.717, 1.165) is 18.8 Å². The van der Waals surface area contributed by atoms with Crippen LogP contribution in [0.2, 0.25) is 0 Å². The predicted molar refractivity (Wildman–Crippen MR) is 116 cm³/mol. The van der Waals surface area contributed by atoms with Crippen LogP contribution in [0.25, 0.3) is 0 Å². The van der Waals surface area contributed by atoms with Crippen LogP contribution in [-0.4, -0.2) is 19.3 Å². The van der Waals surface area contributed by atoms with E-state index in [1.54, 1.807) is 0 Å². The number of rotatable bonds is 17. The van der Waals surface area contributed by atoms with E-state index >= 15 is 0 Å². The Balaban J connectivity index is 1.37. The topological polar surface area (TPSA) is 21.8 Å². The van der Waals surface area contributed by atoms with E-state index in [4.69, 9.17) is 9.47 Å². The van der Waals surface area contributed by atoms with Gasteiger partial charge >= 0.3 is 0 Å². The number of aryl methyl sites for hydroxylation is 1. The number of epoxide rings is 1. The highest BCUT2D eigenvalue weighted by Crippen LogP contribution is 2.17. The second-order valence-electron chi connectivity index (χ2n) is 7.89. The van der Waals surface area contributed by atoms with Gasteiger partial charge in [-0.15, -0.1) is 0 Å². The Bertz CT molecular complexity index is 488. The predicted octanol–water partition coefficient (Wildman–Crippen LogP) is 7.26. The zero-order valence-corrected chi connectivity index (χ0v) is 17.5. The molecule has 0 aliphatic carbocycles. The van der Waals surface area contributed by atoms with Crippen LogP contribution in [0.1, 0.15) is 89.5 Å². The molecule has 2 rings (SSSR count). The van der Waals surface area contributed by atoms with Crippen molar-refractivity contribution in [2.75, 3.05) is 13.2 Å². The van der Waals surface area contributed by atoms with Crippen molar-refractivity contribution in [2.45, 2.75) is 96.5 Å². The molecule has 1 aromatic rings. The van der Waals surface area contributed by atoms with E-state index in [-0.39, 0.29) is 0 Å². The first-order chi connectivity index (χ1) is 13.4. The summed E-state index contributed by atoms with van der Waals surface area (Å²) in [6, 6.07) is 8.56. The fourth-order valence-corrected chi connectivity index (χ4v) is 3.33. The minimum Gasteiger partial charge on any atom is -0.491 e. The van der Waals surface area contributed by atoms with Crippen molar-refractivity contribution in [2.24, 2.45) is 0 Å². The molecule has 1 aliphatic rings. The Labute approximate surface area is 167 Å². The van der Waals surface area contributed by atoms with Crippen molar-refractivity contribution in [3.8, 4) is 5.75 Å². The quantitative estimate of drug-likeness (QED) is 0.163. The number of allylic oxidation sites excluding steroid dienone is 2. The summed E-state index contributed by atoms with van der Waals surface area (Å²) < 4.78 is 10.8. The molecule has 0 N–H and O–H groups in total. The Kier molecular flexibility index (Phi) is 12.0. The molecule has 1 aliphatic heterocycles. The molecule has 152 valence electrons. The number of ether oxygens (including phenoxy) is 2. The lowest BCUT2D eigenvalue weighted by atomic mass is 10.1. The molecule has 1 fully saturated rings. The van der Waals surface area contributed by atoms with Crippen LogP contribution in [0, 0.1) is 0 Å². The van der Waals surface area contributed by atoms with Gasteiger partial charge in [-0.05, 0) is 56.2 Å². The van der Waals surface area contributed by atoms with Gasteiger partial charge in [-0.25, -0.2) is 0 Å². The summed E-state index contributed by atoms with van der Waals surface area (Å²) in [5.41, 5.74) is 1.41. The molecule has 2 nitrogen and oxygen atoms in total. The van der Waals surface area contributed by atoms with Gasteiger partial charge in [0.2, 0.25) is 0 Å². The van der Waals surface area contributed by atoms with E-state index in [9.17, 15) is 0 Å². The molecule has 0 saturated carbocycles. The molecular formula is C25H40O2. The summed E-state index contributed by atoms with van der Waals surface area (Å²) in [4.78, 5) is 0. The normalized spacial score (nSPS) is 16.1. The Hall–Kier alpha value is -1.28. The van der Waals surface area contributed by atoms with E-state index in [1.165, 1.54) is 82.6 Å². The van der Waals surface area contributed by atoms with E-state index in [2.05, 4.69) is 43.3 Å². The smallest absolute Gasteiger partial charge is 0.119 e. The summed E-state index contributed by atoms with van der Waals surface area (Å²) >= 11 is 0. The Morgan fingerprint density at radius 3 is 2.07 bits per heavy atom. The van der Waals surface area contributed by atoms with Gasteiger partial charge in [0.05, 0.1) is 6.61 Å². The SMILES string of the molecule is CCCCCCCCCC/C=C/CCCCc1ccc(OCC2CO2)cc1. The number of hydrogen-bond acceptors (Lipinski definition) is 2. The van der Waals surface area contributed by atoms with Gasteiger partial charge in [0.25, 0.3) is 0 Å². The lowest BCUT2D eigenvalue weighted by Gasteiger charge is -2.05. The van der Waals surface area contributed by atoms with Crippen LogP contribution < -0.4 is 4.74 Å². The van der Waals surface area contributed by atoms with Crippen LogP contribution in [0.3, 0.4) is 0 Å². The average molecular weight is 373 g/mol. The van der Waals surface area contributed by atoms with Crippen molar-refractivity contribution in [3.63, 3.8) is 0 Å². The zero-order valence-electron chi connectivity index (χ0n) is 17.5. The number of benzene rings is 1. The molecule has 1 saturated heterocycles. The average Bonchev–Trinajstić information content (AvgIpc) is 3.52. The van der Waals surface area contributed by atoms with Gasteiger partial charge in [-0.3, -0.25) is 0 Å². The maximum atomic E-state index is 5.68. The summed E-state index contributed by atoms with van der Waals surface area (Å²) in [5, 5.41) is 0. The molecule has 2 heteroatoms. The van der Waals surface area contributed by atoms with Gasteiger partial charge in [0, 0.05) is 0 Å². The van der Waals surface area contributed by atoms with Gasteiger partial charge in [-0.1, -0.05) is 76.2 Å². The lowest BCUT2D eigenvalue weighted by molar-refractivity contribution is 0.263. The molecule has 1 unspecified atom stereocenters. The molecule has 1 aromatic carbocycles. The third-order valence-electron chi connectivity index (χ3n) is 5.24. The molecule has 1 atom stereocenters. The summed E-state index contributed by atoms with van der Waals surface area (Å²) in [6.07, 6.45) is 22.6. The molecule has 0 amide bonds. The first-order valence-corrected chi connectivity index (χ1v) is 11.4. The third-order valence-corrected chi connectivity index (χ3v) is 5.24. The van der Waals surface area contributed by atoms with E-state index in [0.29, 0.717) is 12.7 Å². The minimum atomic E-state index is 0.327. The number of unbranched alkanes of at least 4 members (excludes halogenated alkanes) is 10. The maximum absolute atomic E-state index is 5.68. The fourth-order valence-electron chi connectivity index (χ4n) is 3.33. The Morgan fingerprint density at radius 2 is 1.44 bits per heavy atom. The van der Waals surface area contributed by atoms with Crippen LogP contribution in [0.5, 0.6) is 5.75 Å². The second kappa shape index (κ2) is 14.7. The summed E-state index contributed by atoms with van der Waals surface area (Å²) in [6.45, 7) is 3.82. The highest BCUT2D eigenvalue weighted by atomic mass is 16.6. The van der Waals surface area contributed by atoms with Crippen LogP contribution in [0.4, 0.5) is 0 Å². The molecule has 1 heterocycles. The monoisotopic (exact) mass is 372 g/mol. The molecule has 0 spiro atoms. The lowest BCUT2D eigenvalue weighted by Crippen LogP contribution is -2.03. The van der Waals surface area contributed by atoms with Gasteiger partial charge in [0.1, 0.15) is 18.5 Å². The third kappa shape index (κ3) is 11.9. The fraction of sp³-hybridized carbons (Fsp3) is 0.680. The number of hydrogen-bond donors (Lipinski definition) is 0. The van der Waals surface area contributed by atoms with E-state index < -0.39 is 0 Å². The van der Waals surface area contributed by atoms with Crippen LogP contribution in [-0.2, 0) is 11.2 Å². The van der Waals surface area contributed by atoms with Crippen molar-refractivity contribution >= 4 is 0 Å². The second-order valence-corrected chi connectivity index (χ2v) is 7.89. The summed E-state index contributed by atoms with van der Waals surface area (Å²) in [7, 11) is 0. The highest BCUT2D eigenvalue weighted by Gasteiger charge is 2.22. The first-order valence-electron chi connectivity index (χ1n) is 11.4. The van der Waals surface area contributed by atoms with Gasteiger partial charge in [0.15, 0.2) is 0 Å². The molecule has 0 bridgehead atoms. The molecule has 27 heavy (non-hydrogen) atoms. The minimum absolute atomic E-state index is 0.327. The van der Waals surface area contributed by atoms with Crippen molar-refractivity contribution < 1.29 is 9.47 Å². The van der Waals surface area contributed by atoms with Crippen molar-refractivity contribution in [3.05, 3.63) is 42.0 Å². The van der Waals surface area contributed by atoms with Crippen molar-refractivity contribution in [1.82, 2.24) is 0 Å². The van der Waals surface area contributed by atoms with Crippen LogP contribution >= 0.6 is 0 Å². The van der Waals surface area contributed by atoms with E-state index in [1.807, 2.05) is 0 Å². The van der Waals surface area contributed by atoms with Crippen molar-refractivity contribution in [1.29, 1.82) is 0 Å². The van der Waals surface area contributed by atoms with Crippen LogP contribution in [0.15, 0.2) is 36.4 Å². The maximum Gasteiger partial charge on any atom is 0.119 e. The first kappa shape index (κ1) is 22.0. The standard InChI is InChI=1S/C25H40O2/c1-2-3-4-5-6-7-8-9-10-11-12-13-14-15-16-23-17-19-24(20-18-23)26-21-25-22-27-25/h11-12,17-20,25H,2-10,13-16,21-22H2,1H3/b12-11+. The Morgan fingerprint density at radius 1 is 0.852 bits per heavy atom. The highest BCUT2D eigenvalue weighted by molar-refractivity contribution is 5.27. The molecule has 0 aromatic heterocycles. The largest absolute Gasteiger partial charge is 0.491 e. The molecule has 0 radical (unpaired) electrons.